The van der Waals surface area contributed by atoms with E-state index in [2.05, 4.69) is 25.2 Å². The van der Waals surface area contributed by atoms with E-state index in [0.29, 0.717) is 30.4 Å². The zero-order valence-corrected chi connectivity index (χ0v) is 16.8. The second-order valence-electron chi connectivity index (χ2n) is 7.48. The van der Waals surface area contributed by atoms with Gasteiger partial charge < -0.3 is 19.5 Å². The Balaban J connectivity index is 1.66. The fraction of sp³-hybridized carbons (Fsp3) is 0.435. The molecule has 28 heavy (non-hydrogen) atoms. The highest BCUT2D eigenvalue weighted by atomic mass is 16.5. The maximum atomic E-state index is 12.8. The van der Waals surface area contributed by atoms with Gasteiger partial charge in [-0.3, -0.25) is 4.79 Å². The monoisotopic (exact) mass is 383 g/mol. The molecular formula is C23H29NO4. The third kappa shape index (κ3) is 5.33. The van der Waals surface area contributed by atoms with E-state index in [0.717, 1.165) is 24.3 Å². The van der Waals surface area contributed by atoms with E-state index in [1.807, 2.05) is 43.3 Å². The number of ether oxygens (including phenoxy) is 3. The van der Waals surface area contributed by atoms with Crippen LogP contribution in [0.1, 0.15) is 49.0 Å². The van der Waals surface area contributed by atoms with Crippen LogP contribution in [0, 0.1) is 0 Å². The first-order chi connectivity index (χ1) is 13.5. The van der Waals surface area contributed by atoms with Crippen molar-refractivity contribution >= 4 is 5.91 Å². The number of para-hydroxylation sites is 2. The molecule has 1 saturated heterocycles. The summed E-state index contributed by atoms with van der Waals surface area (Å²) in [5.41, 5.74) is 1.62. The maximum absolute atomic E-state index is 12.8. The minimum absolute atomic E-state index is 0.107. The molecule has 1 heterocycles. The number of nitrogens with one attached hydrogen (secondary N) is 1. The Hall–Kier alpha value is -2.37. The molecule has 2 unspecified atom stereocenters. The first-order valence-corrected chi connectivity index (χ1v) is 9.90. The number of hydrogen-bond acceptors (Lipinski definition) is 4. The summed E-state index contributed by atoms with van der Waals surface area (Å²) in [7, 11) is 0. The predicted octanol–water partition coefficient (Wildman–Crippen LogP) is 4.53. The van der Waals surface area contributed by atoms with Gasteiger partial charge >= 0.3 is 0 Å². The molecule has 1 aliphatic rings. The van der Waals surface area contributed by atoms with Crippen molar-refractivity contribution in [1.29, 1.82) is 0 Å². The van der Waals surface area contributed by atoms with Gasteiger partial charge in [-0.15, -0.1) is 0 Å². The van der Waals surface area contributed by atoms with E-state index in [1.54, 1.807) is 6.07 Å². The summed E-state index contributed by atoms with van der Waals surface area (Å²) in [4.78, 5) is 12.8. The van der Waals surface area contributed by atoms with Gasteiger partial charge in [-0.05, 0) is 43.0 Å². The van der Waals surface area contributed by atoms with Crippen molar-refractivity contribution in [3.8, 4) is 11.5 Å². The molecule has 1 N–H and O–H groups in total. The topological polar surface area (TPSA) is 56.8 Å². The molecule has 150 valence electrons. The number of amides is 1. The Kier molecular flexibility index (Phi) is 7.06. The summed E-state index contributed by atoms with van der Waals surface area (Å²) in [6, 6.07) is 15.1. The summed E-state index contributed by atoms with van der Waals surface area (Å²) >= 11 is 0. The molecule has 2 aromatic carbocycles. The Bertz CT molecular complexity index is 784. The lowest BCUT2D eigenvalue weighted by Crippen LogP contribution is -2.37. The van der Waals surface area contributed by atoms with Gasteiger partial charge in [0, 0.05) is 12.6 Å². The number of carbonyl (C=O) groups excluding carboxylic acids is 1. The van der Waals surface area contributed by atoms with Crippen LogP contribution in [0.2, 0.25) is 0 Å². The SMILES string of the molecule is CC(COC1CCOC1)NC(=O)c1ccccc1Oc1ccccc1C(C)C. The van der Waals surface area contributed by atoms with Crippen molar-refractivity contribution in [2.24, 2.45) is 0 Å². The lowest BCUT2D eigenvalue weighted by atomic mass is 10.0. The Morgan fingerprint density at radius 2 is 1.82 bits per heavy atom. The van der Waals surface area contributed by atoms with Crippen LogP contribution in [0.25, 0.3) is 0 Å². The number of carbonyl (C=O) groups is 1. The molecule has 0 saturated carbocycles. The average molecular weight is 383 g/mol. The van der Waals surface area contributed by atoms with E-state index in [4.69, 9.17) is 14.2 Å². The van der Waals surface area contributed by atoms with Crippen molar-refractivity contribution in [2.45, 2.75) is 45.3 Å². The zero-order chi connectivity index (χ0) is 19.9. The summed E-state index contributed by atoms with van der Waals surface area (Å²) < 4.78 is 17.2. The van der Waals surface area contributed by atoms with E-state index in [-0.39, 0.29) is 18.1 Å². The zero-order valence-electron chi connectivity index (χ0n) is 16.8. The lowest BCUT2D eigenvalue weighted by molar-refractivity contribution is 0.0318. The van der Waals surface area contributed by atoms with Crippen LogP contribution in [-0.2, 0) is 9.47 Å². The van der Waals surface area contributed by atoms with Crippen LogP contribution in [0.5, 0.6) is 11.5 Å². The van der Waals surface area contributed by atoms with Gasteiger partial charge in [0.05, 0.1) is 24.9 Å². The van der Waals surface area contributed by atoms with Gasteiger partial charge in [-0.2, -0.15) is 0 Å². The second kappa shape index (κ2) is 9.71. The van der Waals surface area contributed by atoms with Crippen molar-refractivity contribution in [3.05, 3.63) is 59.7 Å². The summed E-state index contributed by atoms with van der Waals surface area (Å²) in [6.45, 7) is 8.01. The van der Waals surface area contributed by atoms with Crippen molar-refractivity contribution < 1.29 is 19.0 Å². The van der Waals surface area contributed by atoms with E-state index < -0.39 is 0 Å². The fourth-order valence-electron chi connectivity index (χ4n) is 3.18. The van der Waals surface area contributed by atoms with Crippen molar-refractivity contribution in [2.75, 3.05) is 19.8 Å². The molecule has 0 aromatic heterocycles. The van der Waals surface area contributed by atoms with Crippen molar-refractivity contribution in [1.82, 2.24) is 5.32 Å². The van der Waals surface area contributed by atoms with E-state index >= 15 is 0 Å². The van der Waals surface area contributed by atoms with Crippen LogP contribution in [-0.4, -0.2) is 37.9 Å². The molecule has 0 aliphatic carbocycles. The molecule has 2 atom stereocenters. The largest absolute Gasteiger partial charge is 0.456 e. The average Bonchev–Trinajstić information content (AvgIpc) is 3.20. The molecule has 2 aromatic rings. The molecule has 0 spiro atoms. The highest BCUT2D eigenvalue weighted by Gasteiger charge is 2.19. The number of hydrogen-bond donors (Lipinski definition) is 1. The Labute approximate surface area is 167 Å². The Morgan fingerprint density at radius 1 is 1.11 bits per heavy atom. The molecule has 1 aliphatic heterocycles. The molecular weight excluding hydrogens is 354 g/mol. The third-order valence-corrected chi connectivity index (χ3v) is 4.74. The number of benzene rings is 2. The molecule has 1 fully saturated rings. The van der Waals surface area contributed by atoms with Gasteiger partial charge in [-0.25, -0.2) is 0 Å². The third-order valence-electron chi connectivity index (χ3n) is 4.74. The highest BCUT2D eigenvalue weighted by molar-refractivity contribution is 5.97. The lowest BCUT2D eigenvalue weighted by Gasteiger charge is -2.19. The molecule has 0 radical (unpaired) electrons. The smallest absolute Gasteiger partial charge is 0.255 e. The van der Waals surface area contributed by atoms with Gasteiger partial charge in [-0.1, -0.05) is 44.2 Å². The minimum atomic E-state index is -0.170. The van der Waals surface area contributed by atoms with Crippen LogP contribution < -0.4 is 10.1 Å². The summed E-state index contributed by atoms with van der Waals surface area (Å²) in [5.74, 6) is 1.48. The van der Waals surface area contributed by atoms with Gasteiger partial charge in [0.1, 0.15) is 11.5 Å². The first kappa shape index (κ1) is 20.4. The fourth-order valence-corrected chi connectivity index (χ4v) is 3.18. The van der Waals surface area contributed by atoms with E-state index in [1.165, 1.54) is 0 Å². The predicted molar refractivity (Wildman–Crippen MR) is 109 cm³/mol. The standard InChI is InChI=1S/C23H29NO4/c1-16(2)19-8-4-6-10-21(19)28-22-11-7-5-9-20(22)23(25)24-17(3)14-27-18-12-13-26-15-18/h4-11,16-18H,12-15H2,1-3H3,(H,24,25). The van der Waals surface area contributed by atoms with Crippen LogP contribution in [0.15, 0.2) is 48.5 Å². The van der Waals surface area contributed by atoms with Gasteiger partial charge in [0.15, 0.2) is 0 Å². The summed E-state index contributed by atoms with van der Waals surface area (Å²) in [5, 5.41) is 3.00. The minimum Gasteiger partial charge on any atom is -0.456 e. The van der Waals surface area contributed by atoms with Crippen LogP contribution in [0.3, 0.4) is 0 Å². The quantitative estimate of drug-likeness (QED) is 0.728. The highest BCUT2D eigenvalue weighted by Crippen LogP contribution is 2.32. The van der Waals surface area contributed by atoms with Crippen molar-refractivity contribution in [3.63, 3.8) is 0 Å². The van der Waals surface area contributed by atoms with Gasteiger partial charge in [0.25, 0.3) is 5.91 Å². The second-order valence-corrected chi connectivity index (χ2v) is 7.48. The first-order valence-electron chi connectivity index (χ1n) is 9.90. The molecule has 1 amide bonds. The van der Waals surface area contributed by atoms with Crippen LogP contribution >= 0.6 is 0 Å². The van der Waals surface area contributed by atoms with Gasteiger partial charge in [0.2, 0.25) is 0 Å². The molecule has 5 heteroatoms. The normalized spacial score (nSPS) is 17.5. The molecule has 3 rings (SSSR count). The number of rotatable bonds is 8. The Morgan fingerprint density at radius 3 is 2.54 bits per heavy atom. The summed E-state index contributed by atoms with van der Waals surface area (Å²) in [6.07, 6.45) is 1.04. The maximum Gasteiger partial charge on any atom is 0.255 e. The van der Waals surface area contributed by atoms with Crippen LogP contribution in [0.4, 0.5) is 0 Å². The molecule has 5 nitrogen and oxygen atoms in total. The van der Waals surface area contributed by atoms with E-state index in [9.17, 15) is 4.79 Å². The molecule has 0 bridgehead atoms.